The Balaban J connectivity index is 2.95. The van der Waals surface area contributed by atoms with Crippen LogP contribution in [0.25, 0.3) is 0 Å². The molecule has 0 aliphatic carbocycles. The molecule has 1 rings (SSSR count). The quantitative estimate of drug-likeness (QED) is 0.842. The van der Waals surface area contributed by atoms with Crippen LogP contribution in [0.1, 0.15) is 20.3 Å². The fourth-order valence-electron chi connectivity index (χ4n) is 1.65. The molecule has 0 saturated carbocycles. The van der Waals surface area contributed by atoms with E-state index in [1.807, 2.05) is 13.8 Å². The molecular weight excluding hydrogens is 280 g/mol. The van der Waals surface area contributed by atoms with E-state index in [9.17, 15) is 13.2 Å². The number of hydrogen-bond acceptors (Lipinski definition) is 4. The number of benzene rings is 1. The second-order valence-electron chi connectivity index (χ2n) is 4.94. The van der Waals surface area contributed by atoms with Crippen LogP contribution in [0.2, 0.25) is 0 Å². The summed E-state index contributed by atoms with van der Waals surface area (Å²) in [5.74, 6) is 0.523. The molecule has 6 nitrogen and oxygen atoms in total. The summed E-state index contributed by atoms with van der Waals surface area (Å²) in [6.07, 6.45) is 1.46. The Morgan fingerprint density at radius 3 is 2.50 bits per heavy atom. The molecule has 1 amide bonds. The van der Waals surface area contributed by atoms with Gasteiger partial charge in [0.05, 0.1) is 19.1 Å². The summed E-state index contributed by atoms with van der Waals surface area (Å²) in [6.45, 7) is 3.90. The first-order valence-corrected chi connectivity index (χ1v) is 8.06. The van der Waals surface area contributed by atoms with Crippen molar-refractivity contribution in [3.63, 3.8) is 0 Å². The summed E-state index contributed by atoms with van der Waals surface area (Å²) in [6, 6.07) is 4.78. The molecule has 1 aromatic carbocycles. The molecule has 0 spiro atoms. The Labute approximate surface area is 119 Å². The smallest absolute Gasteiger partial charge is 0.229 e. The van der Waals surface area contributed by atoms with E-state index in [0.717, 1.165) is 6.26 Å². The van der Waals surface area contributed by atoms with Crippen molar-refractivity contribution in [1.82, 2.24) is 0 Å². The molecule has 0 aromatic heterocycles. The lowest BCUT2D eigenvalue weighted by Gasteiger charge is -2.13. The number of rotatable bonds is 6. The van der Waals surface area contributed by atoms with Crippen molar-refractivity contribution in [2.75, 3.05) is 23.4 Å². The van der Waals surface area contributed by atoms with Crippen molar-refractivity contribution in [1.29, 1.82) is 0 Å². The van der Waals surface area contributed by atoms with Gasteiger partial charge >= 0.3 is 0 Å². The van der Waals surface area contributed by atoms with Gasteiger partial charge in [0.25, 0.3) is 0 Å². The van der Waals surface area contributed by atoms with Gasteiger partial charge in [0, 0.05) is 12.1 Å². The largest absolute Gasteiger partial charge is 0.495 e. The molecule has 0 radical (unpaired) electrons. The minimum Gasteiger partial charge on any atom is -0.495 e. The number of sulfonamides is 1. The molecule has 0 fully saturated rings. The van der Waals surface area contributed by atoms with Crippen molar-refractivity contribution in [3.8, 4) is 5.75 Å². The number of ether oxygens (including phenoxy) is 1. The number of methoxy groups -OCH3 is 1. The molecule has 0 heterocycles. The van der Waals surface area contributed by atoms with Crippen molar-refractivity contribution in [2.45, 2.75) is 20.3 Å². The van der Waals surface area contributed by atoms with Gasteiger partial charge in [-0.15, -0.1) is 0 Å². The zero-order chi connectivity index (χ0) is 15.3. The third-order valence-corrected chi connectivity index (χ3v) is 2.96. The van der Waals surface area contributed by atoms with Gasteiger partial charge < -0.3 is 10.1 Å². The molecule has 20 heavy (non-hydrogen) atoms. The molecule has 0 unspecified atom stereocenters. The van der Waals surface area contributed by atoms with Crippen LogP contribution < -0.4 is 14.8 Å². The second kappa shape index (κ2) is 6.60. The zero-order valence-corrected chi connectivity index (χ0v) is 12.9. The van der Waals surface area contributed by atoms with E-state index in [1.165, 1.54) is 13.2 Å². The van der Waals surface area contributed by atoms with Crippen molar-refractivity contribution in [2.24, 2.45) is 5.92 Å². The average molecular weight is 300 g/mol. The number of carbonyl (C=O) groups is 1. The Morgan fingerprint density at radius 2 is 2.00 bits per heavy atom. The Morgan fingerprint density at radius 1 is 1.35 bits per heavy atom. The van der Waals surface area contributed by atoms with E-state index in [4.69, 9.17) is 4.74 Å². The van der Waals surface area contributed by atoms with Crippen LogP contribution in [0.5, 0.6) is 5.75 Å². The van der Waals surface area contributed by atoms with Gasteiger partial charge in [-0.2, -0.15) is 0 Å². The van der Waals surface area contributed by atoms with Gasteiger partial charge in [-0.25, -0.2) is 8.42 Å². The SMILES string of the molecule is COc1ccc(NC(=O)CC(C)C)cc1NS(C)(=O)=O. The van der Waals surface area contributed by atoms with Crippen LogP contribution >= 0.6 is 0 Å². The highest BCUT2D eigenvalue weighted by molar-refractivity contribution is 7.92. The van der Waals surface area contributed by atoms with Gasteiger partial charge in [-0.05, 0) is 24.1 Å². The Kier molecular flexibility index (Phi) is 5.38. The molecule has 7 heteroatoms. The lowest BCUT2D eigenvalue weighted by Crippen LogP contribution is -2.15. The molecule has 112 valence electrons. The van der Waals surface area contributed by atoms with Gasteiger partial charge in [-0.1, -0.05) is 13.8 Å². The van der Waals surface area contributed by atoms with Crippen molar-refractivity contribution >= 4 is 27.3 Å². The molecule has 0 bridgehead atoms. The lowest BCUT2D eigenvalue weighted by atomic mass is 10.1. The van der Waals surface area contributed by atoms with Crippen LogP contribution in [-0.4, -0.2) is 27.7 Å². The first kappa shape index (κ1) is 16.3. The van der Waals surface area contributed by atoms with Gasteiger partial charge in [0.1, 0.15) is 5.75 Å². The fourth-order valence-corrected chi connectivity index (χ4v) is 2.21. The van der Waals surface area contributed by atoms with E-state index in [0.29, 0.717) is 17.9 Å². The van der Waals surface area contributed by atoms with E-state index < -0.39 is 10.0 Å². The highest BCUT2D eigenvalue weighted by Gasteiger charge is 2.11. The van der Waals surface area contributed by atoms with Gasteiger partial charge in [-0.3, -0.25) is 9.52 Å². The lowest BCUT2D eigenvalue weighted by molar-refractivity contribution is -0.116. The predicted octanol–water partition coefficient (Wildman–Crippen LogP) is 2.05. The van der Waals surface area contributed by atoms with Crippen LogP contribution in [0.4, 0.5) is 11.4 Å². The third kappa shape index (κ3) is 5.48. The maximum absolute atomic E-state index is 11.7. The molecule has 0 atom stereocenters. The standard InChI is InChI=1S/C13H20N2O4S/c1-9(2)7-13(16)14-10-5-6-12(19-3)11(8-10)15-20(4,17)18/h5-6,8-9,15H,7H2,1-4H3,(H,14,16). The van der Waals surface area contributed by atoms with Gasteiger partial charge in [0.2, 0.25) is 15.9 Å². The van der Waals surface area contributed by atoms with E-state index in [-0.39, 0.29) is 17.5 Å². The number of carbonyl (C=O) groups excluding carboxylic acids is 1. The topological polar surface area (TPSA) is 84.5 Å². The summed E-state index contributed by atoms with van der Waals surface area (Å²) in [7, 11) is -1.97. The van der Waals surface area contributed by atoms with Gasteiger partial charge in [0.15, 0.2) is 0 Å². The minimum atomic E-state index is -3.42. The van der Waals surface area contributed by atoms with Crippen LogP contribution in [0, 0.1) is 5.92 Å². The second-order valence-corrected chi connectivity index (χ2v) is 6.68. The molecule has 0 aliphatic rings. The number of hydrogen-bond donors (Lipinski definition) is 2. The van der Waals surface area contributed by atoms with Crippen molar-refractivity contribution in [3.05, 3.63) is 18.2 Å². The molecule has 0 aliphatic heterocycles. The summed E-state index contributed by atoms with van der Waals surface area (Å²) >= 11 is 0. The normalized spacial score (nSPS) is 11.2. The molecule has 2 N–H and O–H groups in total. The molecular formula is C13H20N2O4S. The van der Waals surface area contributed by atoms with Crippen LogP contribution in [0.3, 0.4) is 0 Å². The number of amides is 1. The molecule has 0 saturated heterocycles. The average Bonchev–Trinajstić information content (AvgIpc) is 2.25. The number of nitrogens with one attached hydrogen (secondary N) is 2. The first-order chi connectivity index (χ1) is 9.21. The fraction of sp³-hybridized carbons (Fsp3) is 0.462. The number of anilines is 2. The molecule has 1 aromatic rings. The third-order valence-electron chi connectivity index (χ3n) is 2.37. The van der Waals surface area contributed by atoms with E-state index in [2.05, 4.69) is 10.0 Å². The monoisotopic (exact) mass is 300 g/mol. The van der Waals surface area contributed by atoms with Crippen LogP contribution in [0.15, 0.2) is 18.2 Å². The Bertz CT molecular complexity index is 582. The summed E-state index contributed by atoms with van der Waals surface area (Å²) in [5, 5.41) is 2.72. The summed E-state index contributed by atoms with van der Waals surface area (Å²) in [4.78, 5) is 11.7. The summed E-state index contributed by atoms with van der Waals surface area (Å²) in [5.41, 5.74) is 0.806. The first-order valence-electron chi connectivity index (χ1n) is 6.17. The van der Waals surface area contributed by atoms with E-state index >= 15 is 0 Å². The maximum atomic E-state index is 11.7. The highest BCUT2D eigenvalue weighted by atomic mass is 32.2. The maximum Gasteiger partial charge on any atom is 0.229 e. The zero-order valence-electron chi connectivity index (χ0n) is 12.1. The highest BCUT2D eigenvalue weighted by Crippen LogP contribution is 2.28. The summed E-state index contributed by atoms with van der Waals surface area (Å²) < 4.78 is 30.0. The minimum absolute atomic E-state index is 0.115. The predicted molar refractivity (Wildman–Crippen MR) is 79.5 cm³/mol. The van der Waals surface area contributed by atoms with E-state index in [1.54, 1.807) is 12.1 Å². The Hall–Kier alpha value is -1.76. The van der Waals surface area contributed by atoms with Crippen molar-refractivity contribution < 1.29 is 17.9 Å². The van der Waals surface area contributed by atoms with Crippen LogP contribution in [-0.2, 0) is 14.8 Å².